The SMILES string of the molecule is CON=CC(=O)NC1C(=O)N2C(C(=O)O)=C(COC(C)=O)C(c3csc(N)n3)S[C@@H]12. The molecule has 1 aromatic heterocycles. The lowest BCUT2D eigenvalue weighted by molar-refractivity contribution is -0.150. The number of carboxylic acid groups (broad SMARTS) is 1. The molecule has 3 heterocycles. The molecule has 3 rings (SSSR count). The fraction of sp³-hybridized carbons (Fsp3) is 0.375. The molecular weight excluding hydrogens is 438 g/mol. The van der Waals surface area contributed by atoms with Gasteiger partial charge in [0.1, 0.15) is 37.0 Å². The number of thiazole rings is 1. The Morgan fingerprint density at radius 1 is 1.47 bits per heavy atom. The molecule has 0 radical (unpaired) electrons. The maximum absolute atomic E-state index is 12.6. The Bertz CT molecular complexity index is 960. The number of nitrogens with two attached hydrogens (primary N) is 1. The van der Waals surface area contributed by atoms with Gasteiger partial charge < -0.3 is 25.7 Å². The van der Waals surface area contributed by atoms with Crippen LogP contribution in [0.15, 0.2) is 21.8 Å². The first kappa shape index (κ1) is 21.6. The molecule has 2 aliphatic heterocycles. The number of nitrogens with zero attached hydrogens (tertiary/aromatic N) is 3. The fourth-order valence-electron chi connectivity index (χ4n) is 3.00. The van der Waals surface area contributed by atoms with Crippen LogP contribution in [0.2, 0.25) is 0 Å². The van der Waals surface area contributed by atoms with Crippen LogP contribution in [0.25, 0.3) is 0 Å². The predicted octanol–water partition coefficient (Wildman–Crippen LogP) is -0.300. The molecule has 4 N–H and O–H groups in total. The van der Waals surface area contributed by atoms with E-state index in [1.54, 1.807) is 5.38 Å². The van der Waals surface area contributed by atoms with Crippen molar-refractivity contribution in [2.75, 3.05) is 19.5 Å². The van der Waals surface area contributed by atoms with Gasteiger partial charge in [-0.1, -0.05) is 5.16 Å². The lowest BCUT2D eigenvalue weighted by atomic mass is 9.99. The highest BCUT2D eigenvalue weighted by atomic mass is 32.2. The minimum absolute atomic E-state index is 0.198. The van der Waals surface area contributed by atoms with Crippen molar-refractivity contribution in [3.63, 3.8) is 0 Å². The van der Waals surface area contributed by atoms with E-state index in [9.17, 15) is 24.3 Å². The molecule has 12 nitrogen and oxygen atoms in total. The Hall–Kier alpha value is -3.13. The number of rotatable bonds is 7. The van der Waals surface area contributed by atoms with Gasteiger partial charge in [-0.25, -0.2) is 9.78 Å². The summed E-state index contributed by atoms with van der Waals surface area (Å²) >= 11 is 2.37. The van der Waals surface area contributed by atoms with Crippen LogP contribution in [-0.4, -0.2) is 70.1 Å². The van der Waals surface area contributed by atoms with Gasteiger partial charge in [-0.3, -0.25) is 19.3 Å². The van der Waals surface area contributed by atoms with E-state index in [0.717, 1.165) is 11.1 Å². The van der Waals surface area contributed by atoms with Gasteiger partial charge in [-0.05, 0) is 0 Å². The van der Waals surface area contributed by atoms with E-state index in [-0.39, 0.29) is 23.0 Å². The zero-order chi connectivity index (χ0) is 22.0. The van der Waals surface area contributed by atoms with Gasteiger partial charge in [0.2, 0.25) is 0 Å². The van der Waals surface area contributed by atoms with Crippen molar-refractivity contribution in [1.82, 2.24) is 15.2 Å². The summed E-state index contributed by atoms with van der Waals surface area (Å²) in [6.07, 6.45) is 0.863. The summed E-state index contributed by atoms with van der Waals surface area (Å²) in [5.74, 6) is -3.25. The Morgan fingerprint density at radius 2 is 2.20 bits per heavy atom. The standard InChI is InChI=1S/C16H17N5O7S2/c1-6(22)28-4-7-11(15(25)26)21-13(24)10(20-9(23)3-18-27-2)14(21)30-12(7)8-5-29-16(17)19-8/h3,5,10,12,14H,4H2,1-2H3,(H2,17,19)(H,20,23)(H,25,26)/t10?,12?,14-/m0/s1. The summed E-state index contributed by atoms with van der Waals surface area (Å²) in [7, 11) is 1.26. The molecule has 0 spiro atoms. The molecule has 0 aliphatic carbocycles. The first-order valence-electron chi connectivity index (χ1n) is 8.40. The molecule has 1 aromatic rings. The third kappa shape index (κ3) is 4.09. The average Bonchev–Trinajstić information content (AvgIpc) is 3.13. The van der Waals surface area contributed by atoms with E-state index >= 15 is 0 Å². The number of anilines is 1. The number of nitrogen functional groups attached to an aromatic ring is 1. The zero-order valence-corrected chi connectivity index (χ0v) is 17.4. The highest BCUT2D eigenvalue weighted by Gasteiger charge is 2.56. The minimum Gasteiger partial charge on any atom is -0.477 e. The van der Waals surface area contributed by atoms with Crippen LogP contribution >= 0.6 is 23.1 Å². The normalized spacial score (nSPS) is 23.1. The summed E-state index contributed by atoms with van der Waals surface area (Å²) in [5, 5.41) is 16.2. The van der Waals surface area contributed by atoms with Gasteiger partial charge in [0, 0.05) is 17.9 Å². The van der Waals surface area contributed by atoms with E-state index < -0.39 is 40.4 Å². The van der Waals surface area contributed by atoms with Crippen LogP contribution in [0.3, 0.4) is 0 Å². The second-order valence-corrected chi connectivity index (χ2v) is 8.20. The number of hydrogen-bond donors (Lipinski definition) is 3. The first-order valence-corrected chi connectivity index (χ1v) is 10.2. The van der Waals surface area contributed by atoms with Crippen LogP contribution in [0.5, 0.6) is 0 Å². The van der Waals surface area contributed by atoms with E-state index in [1.165, 1.54) is 37.1 Å². The molecule has 0 bridgehead atoms. The number of carboxylic acids is 1. The number of carbonyl (C=O) groups excluding carboxylic acids is 3. The highest BCUT2D eigenvalue weighted by Crippen LogP contribution is 2.51. The average molecular weight is 455 g/mol. The second-order valence-electron chi connectivity index (χ2n) is 6.09. The summed E-state index contributed by atoms with van der Waals surface area (Å²) < 4.78 is 5.03. The monoisotopic (exact) mass is 455 g/mol. The molecule has 14 heteroatoms. The van der Waals surface area contributed by atoms with Crippen molar-refractivity contribution in [3.8, 4) is 0 Å². The van der Waals surface area contributed by atoms with Crippen LogP contribution in [-0.2, 0) is 28.8 Å². The van der Waals surface area contributed by atoms with Gasteiger partial charge in [0.05, 0.1) is 10.9 Å². The molecule has 3 atom stereocenters. The molecule has 1 saturated heterocycles. The number of fused-ring (bicyclic) bond motifs is 1. The highest BCUT2D eigenvalue weighted by molar-refractivity contribution is 8.00. The molecular formula is C16H17N5O7S2. The number of carbonyl (C=O) groups is 4. The van der Waals surface area contributed by atoms with Gasteiger partial charge in [-0.15, -0.1) is 23.1 Å². The van der Waals surface area contributed by atoms with E-state index in [1.807, 2.05) is 0 Å². The Balaban J connectivity index is 1.98. The summed E-state index contributed by atoms with van der Waals surface area (Å²) in [5.41, 5.74) is 6.07. The van der Waals surface area contributed by atoms with Gasteiger partial charge in [0.15, 0.2) is 5.13 Å². The molecule has 160 valence electrons. The van der Waals surface area contributed by atoms with E-state index in [4.69, 9.17) is 10.5 Å². The largest absolute Gasteiger partial charge is 0.477 e. The number of nitrogens with one attached hydrogen (secondary N) is 1. The van der Waals surface area contributed by atoms with Crippen molar-refractivity contribution in [2.45, 2.75) is 23.6 Å². The summed E-state index contributed by atoms with van der Waals surface area (Å²) in [6, 6.07) is -0.978. The molecule has 1 fully saturated rings. The van der Waals surface area contributed by atoms with Crippen LogP contribution < -0.4 is 11.1 Å². The van der Waals surface area contributed by atoms with Gasteiger partial charge in [0.25, 0.3) is 11.8 Å². The molecule has 2 aliphatic rings. The first-order chi connectivity index (χ1) is 14.2. The van der Waals surface area contributed by atoms with Crippen molar-refractivity contribution < 1.29 is 33.9 Å². The topological polar surface area (TPSA) is 174 Å². The summed E-state index contributed by atoms with van der Waals surface area (Å²) in [4.78, 5) is 57.6. The Kier molecular flexibility index (Phi) is 6.26. The van der Waals surface area contributed by atoms with Crippen molar-refractivity contribution >= 4 is 58.2 Å². The Labute approximate surface area is 178 Å². The predicted molar refractivity (Wildman–Crippen MR) is 106 cm³/mol. The number of thioether (sulfide) groups is 1. The third-order valence-corrected chi connectivity index (χ3v) is 6.45. The van der Waals surface area contributed by atoms with Crippen molar-refractivity contribution in [3.05, 3.63) is 22.3 Å². The number of esters is 1. The fourth-order valence-corrected chi connectivity index (χ4v) is 5.23. The maximum atomic E-state index is 12.6. The van der Waals surface area contributed by atoms with Crippen LogP contribution in [0, 0.1) is 0 Å². The van der Waals surface area contributed by atoms with Crippen molar-refractivity contribution in [2.24, 2.45) is 5.16 Å². The smallest absolute Gasteiger partial charge is 0.352 e. The molecule has 2 amide bonds. The maximum Gasteiger partial charge on any atom is 0.352 e. The van der Waals surface area contributed by atoms with Gasteiger partial charge in [-0.2, -0.15) is 0 Å². The zero-order valence-electron chi connectivity index (χ0n) is 15.7. The van der Waals surface area contributed by atoms with Gasteiger partial charge >= 0.3 is 11.9 Å². The van der Waals surface area contributed by atoms with E-state index in [0.29, 0.717) is 5.69 Å². The molecule has 2 unspecified atom stereocenters. The van der Waals surface area contributed by atoms with Crippen LogP contribution in [0.1, 0.15) is 17.9 Å². The van der Waals surface area contributed by atoms with Crippen molar-refractivity contribution in [1.29, 1.82) is 0 Å². The number of ether oxygens (including phenoxy) is 1. The lowest BCUT2D eigenvalue weighted by Gasteiger charge is -2.51. The number of aromatic nitrogens is 1. The molecule has 0 aromatic carbocycles. The Morgan fingerprint density at radius 3 is 2.77 bits per heavy atom. The number of β-lactam (4-membered cyclic amide) rings is 1. The van der Waals surface area contributed by atoms with E-state index in [2.05, 4.69) is 20.3 Å². The number of hydrogen-bond acceptors (Lipinski definition) is 11. The number of oxime groups is 1. The van der Waals surface area contributed by atoms with Crippen LogP contribution in [0.4, 0.5) is 5.13 Å². The minimum atomic E-state index is -1.37. The lowest BCUT2D eigenvalue weighted by Crippen LogP contribution is -2.70. The quantitative estimate of drug-likeness (QED) is 0.214. The number of amides is 2. The third-order valence-electron chi connectivity index (χ3n) is 4.20. The second kappa shape index (κ2) is 8.71. The number of aliphatic carboxylic acids is 1. The summed E-state index contributed by atoms with van der Waals surface area (Å²) in [6.45, 7) is 0.859. The molecule has 0 saturated carbocycles. The molecule has 30 heavy (non-hydrogen) atoms.